The maximum absolute atomic E-state index is 12.5. The highest BCUT2D eigenvalue weighted by molar-refractivity contribution is 5.85. The Balaban J connectivity index is 0.00000264. The summed E-state index contributed by atoms with van der Waals surface area (Å²) in [5.41, 5.74) is 13.5. The van der Waals surface area contributed by atoms with Gasteiger partial charge in [0.1, 0.15) is 0 Å². The largest absolute Gasteiger partial charge is 0.416 e. The van der Waals surface area contributed by atoms with Gasteiger partial charge in [-0.2, -0.15) is 13.2 Å². The molecule has 0 fully saturated rings. The molecule has 23 heavy (non-hydrogen) atoms. The van der Waals surface area contributed by atoms with Crippen LogP contribution in [-0.2, 0) is 6.18 Å². The van der Waals surface area contributed by atoms with Crippen molar-refractivity contribution in [1.29, 1.82) is 0 Å². The molecule has 4 N–H and O–H groups in total. The first-order valence-electron chi connectivity index (χ1n) is 7.15. The van der Waals surface area contributed by atoms with Gasteiger partial charge in [-0.05, 0) is 48.2 Å². The summed E-state index contributed by atoms with van der Waals surface area (Å²) in [5.74, 6) is 0. The van der Waals surface area contributed by atoms with Gasteiger partial charge >= 0.3 is 6.18 Å². The van der Waals surface area contributed by atoms with E-state index < -0.39 is 11.7 Å². The Bertz CT molecular complexity index is 595. The Kier molecular flexibility index (Phi) is 7.06. The maximum Gasteiger partial charge on any atom is 0.416 e. The van der Waals surface area contributed by atoms with Crippen molar-refractivity contribution in [1.82, 2.24) is 0 Å². The second kappa shape index (κ2) is 8.34. The van der Waals surface area contributed by atoms with E-state index in [0.717, 1.165) is 41.7 Å². The average molecular weight is 345 g/mol. The first kappa shape index (κ1) is 19.5. The van der Waals surface area contributed by atoms with Crippen molar-refractivity contribution in [3.05, 3.63) is 59.7 Å². The lowest BCUT2D eigenvalue weighted by Gasteiger charge is -2.12. The van der Waals surface area contributed by atoms with Crippen LogP contribution in [0.4, 0.5) is 13.2 Å². The van der Waals surface area contributed by atoms with Crippen molar-refractivity contribution in [2.45, 2.75) is 25.1 Å². The van der Waals surface area contributed by atoms with Crippen LogP contribution in [0.5, 0.6) is 0 Å². The van der Waals surface area contributed by atoms with E-state index in [0.29, 0.717) is 6.54 Å². The molecular formula is C17H20ClF3N2. The third-order valence-electron chi connectivity index (χ3n) is 3.60. The lowest BCUT2D eigenvalue weighted by Crippen LogP contribution is -2.12. The zero-order chi connectivity index (χ0) is 16.2. The van der Waals surface area contributed by atoms with E-state index in [1.165, 1.54) is 12.1 Å². The summed E-state index contributed by atoms with van der Waals surface area (Å²) in [5, 5.41) is 0. The monoisotopic (exact) mass is 344 g/mol. The molecule has 6 heteroatoms. The number of benzene rings is 2. The van der Waals surface area contributed by atoms with E-state index in [1.54, 1.807) is 0 Å². The molecule has 0 bridgehead atoms. The highest BCUT2D eigenvalue weighted by Gasteiger charge is 2.29. The van der Waals surface area contributed by atoms with Crippen LogP contribution in [0.2, 0.25) is 0 Å². The number of alkyl halides is 3. The van der Waals surface area contributed by atoms with E-state index in [-0.39, 0.29) is 18.4 Å². The van der Waals surface area contributed by atoms with E-state index in [4.69, 9.17) is 11.5 Å². The van der Waals surface area contributed by atoms with Gasteiger partial charge in [-0.25, -0.2) is 0 Å². The predicted octanol–water partition coefficient (Wildman–Crippen LogP) is 4.53. The van der Waals surface area contributed by atoms with E-state index in [1.807, 2.05) is 24.3 Å². The predicted molar refractivity (Wildman–Crippen MR) is 89.3 cm³/mol. The summed E-state index contributed by atoms with van der Waals surface area (Å²) in [6.45, 7) is 0.608. The fourth-order valence-corrected chi connectivity index (χ4v) is 2.28. The van der Waals surface area contributed by atoms with Crippen molar-refractivity contribution in [2.75, 3.05) is 6.54 Å². The molecule has 2 aromatic carbocycles. The van der Waals surface area contributed by atoms with E-state index >= 15 is 0 Å². The number of hydrogen-bond acceptors (Lipinski definition) is 2. The molecule has 2 nitrogen and oxygen atoms in total. The maximum atomic E-state index is 12.5. The van der Waals surface area contributed by atoms with Crippen LogP contribution in [0.15, 0.2) is 48.5 Å². The number of nitrogens with two attached hydrogens (primary N) is 2. The minimum atomic E-state index is -4.31. The summed E-state index contributed by atoms with van der Waals surface area (Å²) in [4.78, 5) is 0. The Morgan fingerprint density at radius 1 is 0.870 bits per heavy atom. The molecule has 2 aromatic rings. The highest BCUT2D eigenvalue weighted by Crippen LogP contribution is 2.31. The number of hydrogen-bond donors (Lipinski definition) is 2. The third kappa shape index (κ3) is 5.23. The Labute approximate surface area is 140 Å². The van der Waals surface area contributed by atoms with Gasteiger partial charge in [-0.3, -0.25) is 0 Å². The Morgan fingerprint density at radius 3 is 1.78 bits per heavy atom. The molecular weight excluding hydrogens is 325 g/mol. The summed E-state index contributed by atoms with van der Waals surface area (Å²) >= 11 is 0. The topological polar surface area (TPSA) is 52.0 Å². The molecule has 0 amide bonds. The molecule has 0 saturated carbocycles. The van der Waals surface area contributed by atoms with Crippen molar-refractivity contribution in [3.63, 3.8) is 0 Å². The third-order valence-corrected chi connectivity index (χ3v) is 3.60. The van der Waals surface area contributed by atoms with Crippen LogP contribution < -0.4 is 11.5 Å². The van der Waals surface area contributed by atoms with Crippen molar-refractivity contribution >= 4 is 12.4 Å². The zero-order valence-electron chi connectivity index (χ0n) is 12.5. The van der Waals surface area contributed by atoms with Crippen LogP contribution in [0, 0.1) is 0 Å². The second-order valence-corrected chi connectivity index (χ2v) is 5.23. The van der Waals surface area contributed by atoms with Crippen LogP contribution in [0.25, 0.3) is 11.1 Å². The molecule has 1 atom stereocenters. The first-order valence-corrected chi connectivity index (χ1v) is 7.15. The first-order chi connectivity index (χ1) is 10.4. The minimum Gasteiger partial charge on any atom is -0.330 e. The van der Waals surface area contributed by atoms with E-state index in [2.05, 4.69) is 0 Å². The lowest BCUT2D eigenvalue weighted by atomic mass is 9.98. The van der Waals surface area contributed by atoms with Crippen molar-refractivity contribution in [2.24, 2.45) is 11.5 Å². The zero-order valence-corrected chi connectivity index (χ0v) is 13.3. The molecule has 0 aliphatic rings. The van der Waals surface area contributed by atoms with Gasteiger partial charge in [-0.15, -0.1) is 12.4 Å². The summed E-state index contributed by atoms with van der Waals surface area (Å²) in [7, 11) is 0. The fraction of sp³-hybridized carbons (Fsp3) is 0.294. The summed E-state index contributed by atoms with van der Waals surface area (Å²) in [6.07, 6.45) is -2.63. The van der Waals surface area contributed by atoms with Gasteiger partial charge in [0.25, 0.3) is 0 Å². The van der Waals surface area contributed by atoms with Gasteiger partial charge in [0.05, 0.1) is 5.56 Å². The number of halogens is 4. The minimum absolute atomic E-state index is 0. The molecule has 0 aliphatic carbocycles. The normalized spacial score (nSPS) is 12.6. The van der Waals surface area contributed by atoms with Crippen LogP contribution >= 0.6 is 12.4 Å². The highest BCUT2D eigenvalue weighted by atomic mass is 35.5. The SMILES string of the molecule is Cl.NCCC[C@H](N)c1ccc(-c2ccc(C(F)(F)F)cc2)cc1. The van der Waals surface area contributed by atoms with Crippen molar-refractivity contribution in [3.8, 4) is 11.1 Å². The van der Waals surface area contributed by atoms with Crippen molar-refractivity contribution < 1.29 is 13.2 Å². The van der Waals surface area contributed by atoms with Gasteiger partial charge in [0, 0.05) is 6.04 Å². The molecule has 0 heterocycles. The van der Waals surface area contributed by atoms with Crippen LogP contribution in [0.3, 0.4) is 0 Å². The Morgan fingerprint density at radius 2 is 1.35 bits per heavy atom. The fourth-order valence-electron chi connectivity index (χ4n) is 2.28. The summed E-state index contributed by atoms with van der Waals surface area (Å²) < 4.78 is 37.6. The molecule has 0 aliphatic heterocycles. The standard InChI is InChI=1S/C17H19F3N2.ClH/c18-17(19,20)15-9-7-13(8-10-15)12-3-5-14(6-4-12)16(22)2-1-11-21;/h3-10,16H,1-2,11,21-22H2;1H/t16-;/m0./s1. The smallest absolute Gasteiger partial charge is 0.330 e. The lowest BCUT2D eigenvalue weighted by molar-refractivity contribution is -0.137. The average Bonchev–Trinajstić information content (AvgIpc) is 2.52. The van der Waals surface area contributed by atoms with Crippen LogP contribution in [0.1, 0.15) is 30.0 Å². The van der Waals surface area contributed by atoms with Gasteiger partial charge in [0.15, 0.2) is 0 Å². The molecule has 0 aromatic heterocycles. The molecule has 0 saturated heterocycles. The molecule has 2 rings (SSSR count). The quantitative estimate of drug-likeness (QED) is 0.837. The van der Waals surface area contributed by atoms with Gasteiger partial charge in [-0.1, -0.05) is 36.4 Å². The summed E-state index contributed by atoms with van der Waals surface area (Å²) in [6, 6.07) is 12.7. The second-order valence-electron chi connectivity index (χ2n) is 5.23. The van der Waals surface area contributed by atoms with Gasteiger partial charge in [0.2, 0.25) is 0 Å². The van der Waals surface area contributed by atoms with Crippen LogP contribution in [-0.4, -0.2) is 6.54 Å². The Hall–Kier alpha value is -1.56. The molecule has 0 unspecified atom stereocenters. The van der Waals surface area contributed by atoms with E-state index in [9.17, 15) is 13.2 Å². The van der Waals surface area contributed by atoms with Gasteiger partial charge < -0.3 is 11.5 Å². The molecule has 0 spiro atoms. The number of rotatable bonds is 5. The molecule has 126 valence electrons. The molecule has 0 radical (unpaired) electrons.